The van der Waals surface area contributed by atoms with Gasteiger partial charge in [-0.2, -0.15) is 5.10 Å². The Hall–Kier alpha value is -1.51. The molecule has 96 valence electrons. The Morgan fingerprint density at radius 3 is 2.12 bits per heavy atom. The van der Waals surface area contributed by atoms with Crippen molar-refractivity contribution in [3.63, 3.8) is 0 Å². The van der Waals surface area contributed by atoms with E-state index in [1.807, 2.05) is 58.3 Å². The van der Waals surface area contributed by atoms with Crippen molar-refractivity contribution in [1.82, 2.24) is 9.61 Å². The summed E-state index contributed by atoms with van der Waals surface area (Å²) in [6, 6.07) is 4.10. The number of nitrogens with zero attached hydrogens (tertiary/aromatic N) is 2. The zero-order valence-corrected chi connectivity index (χ0v) is 12.0. The molecular formula is C14H24N2O. The number of methoxy groups -OCH3 is 1. The number of hydrogen-bond donors (Lipinski definition) is 0. The molecule has 0 bridgehead atoms. The maximum Gasteiger partial charge on any atom is 0.217 e. The van der Waals surface area contributed by atoms with E-state index in [2.05, 4.69) is 11.2 Å². The topological polar surface area (TPSA) is 26.5 Å². The normalized spacial score (nSPS) is 8.88. The highest BCUT2D eigenvalue weighted by Gasteiger charge is 2.06. The van der Waals surface area contributed by atoms with Gasteiger partial charge in [0, 0.05) is 5.56 Å². The van der Waals surface area contributed by atoms with E-state index in [4.69, 9.17) is 4.74 Å². The number of rotatable bonds is 1. The maximum absolute atomic E-state index is 5.27. The number of aromatic nitrogens is 2. The zero-order valence-electron chi connectivity index (χ0n) is 12.0. The van der Waals surface area contributed by atoms with Crippen LogP contribution in [0.4, 0.5) is 0 Å². The second-order valence-electron chi connectivity index (χ2n) is 3.15. The van der Waals surface area contributed by atoms with Gasteiger partial charge in [0.25, 0.3) is 0 Å². The van der Waals surface area contributed by atoms with Gasteiger partial charge >= 0.3 is 0 Å². The van der Waals surface area contributed by atoms with Crippen LogP contribution in [0.25, 0.3) is 5.52 Å². The Morgan fingerprint density at radius 2 is 1.59 bits per heavy atom. The average molecular weight is 236 g/mol. The van der Waals surface area contributed by atoms with Gasteiger partial charge in [-0.1, -0.05) is 33.8 Å². The fourth-order valence-corrected chi connectivity index (χ4v) is 1.49. The minimum Gasteiger partial charge on any atom is -0.481 e. The standard InChI is InChI=1S/C10H12N2O.2C2H6/c1-7-4-5-9-8(2)6-11-12(9)10(7)13-3;2*1-2/h4-6H,1-3H3;2*1-2H3. The molecule has 0 radical (unpaired) electrons. The largest absolute Gasteiger partial charge is 0.481 e. The molecule has 0 aliphatic rings. The summed E-state index contributed by atoms with van der Waals surface area (Å²) < 4.78 is 7.10. The van der Waals surface area contributed by atoms with Crippen LogP contribution in [-0.4, -0.2) is 16.7 Å². The van der Waals surface area contributed by atoms with Gasteiger partial charge in [-0.25, -0.2) is 4.52 Å². The number of ether oxygens (including phenoxy) is 1. The van der Waals surface area contributed by atoms with E-state index in [1.54, 1.807) is 7.11 Å². The first kappa shape index (κ1) is 15.5. The lowest BCUT2D eigenvalue weighted by Gasteiger charge is -2.06. The first-order chi connectivity index (χ1) is 8.24. The SMILES string of the molecule is CC.CC.COc1c(C)ccc2c(C)cnn12. The van der Waals surface area contributed by atoms with Crippen LogP contribution in [0.1, 0.15) is 38.8 Å². The number of aryl methyl sites for hydroxylation is 2. The lowest BCUT2D eigenvalue weighted by atomic mass is 10.2. The van der Waals surface area contributed by atoms with Crippen molar-refractivity contribution >= 4 is 5.52 Å². The van der Waals surface area contributed by atoms with Gasteiger partial charge in [-0.3, -0.25) is 0 Å². The number of hydrogen-bond acceptors (Lipinski definition) is 2. The maximum atomic E-state index is 5.27. The van der Waals surface area contributed by atoms with E-state index in [9.17, 15) is 0 Å². The molecule has 0 aromatic carbocycles. The van der Waals surface area contributed by atoms with Crippen LogP contribution in [0.2, 0.25) is 0 Å². The summed E-state index contributed by atoms with van der Waals surface area (Å²) in [6.45, 7) is 12.0. The number of pyridine rings is 1. The first-order valence-corrected chi connectivity index (χ1v) is 6.22. The van der Waals surface area contributed by atoms with Crippen LogP contribution in [0.5, 0.6) is 5.88 Å². The Morgan fingerprint density at radius 1 is 1.00 bits per heavy atom. The Bertz CT molecular complexity index is 447. The van der Waals surface area contributed by atoms with Crippen molar-refractivity contribution in [3.05, 3.63) is 29.5 Å². The minimum absolute atomic E-state index is 0.811. The molecule has 2 aromatic heterocycles. The first-order valence-electron chi connectivity index (χ1n) is 6.22. The van der Waals surface area contributed by atoms with E-state index in [1.165, 1.54) is 5.56 Å². The Kier molecular flexibility index (Phi) is 7.03. The lowest BCUT2D eigenvalue weighted by Crippen LogP contribution is -1.97. The molecular weight excluding hydrogens is 212 g/mol. The quantitative estimate of drug-likeness (QED) is 0.747. The summed E-state index contributed by atoms with van der Waals surface area (Å²) in [5, 5.41) is 4.24. The van der Waals surface area contributed by atoms with Crippen LogP contribution >= 0.6 is 0 Å². The molecule has 0 atom stereocenters. The van der Waals surface area contributed by atoms with E-state index in [0.717, 1.165) is 17.0 Å². The predicted octanol–water partition coefficient (Wildman–Crippen LogP) is 4.01. The molecule has 0 saturated carbocycles. The Balaban J connectivity index is 0.000000581. The van der Waals surface area contributed by atoms with Crippen LogP contribution < -0.4 is 4.74 Å². The third kappa shape index (κ3) is 3.22. The lowest BCUT2D eigenvalue weighted by molar-refractivity contribution is 0.382. The van der Waals surface area contributed by atoms with Gasteiger partial charge in [-0.15, -0.1) is 0 Å². The zero-order chi connectivity index (χ0) is 13.4. The highest BCUT2D eigenvalue weighted by atomic mass is 16.5. The Labute approximate surface area is 104 Å². The summed E-state index contributed by atoms with van der Waals surface area (Å²) in [6.07, 6.45) is 1.84. The molecule has 0 saturated heterocycles. The van der Waals surface area contributed by atoms with Crippen LogP contribution in [0, 0.1) is 13.8 Å². The van der Waals surface area contributed by atoms with Crippen molar-refractivity contribution in [3.8, 4) is 5.88 Å². The summed E-state index contributed by atoms with van der Waals surface area (Å²) in [7, 11) is 1.67. The molecule has 0 spiro atoms. The molecule has 3 heteroatoms. The monoisotopic (exact) mass is 236 g/mol. The van der Waals surface area contributed by atoms with Gasteiger partial charge < -0.3 is 4.74 Å². The van der Waals surface area contributed by atoms with Gasteiger partial charge in [0.2, 0.25) is 5.88 Å². The van der Waals surface area contributed by atoms with E-state index in [0.29, 0.717) is 0 Å². The molecule has 0 aliphatic carbocycles. The fourth-order valence-electron chi connectivity index (χ4n) is 1.49. The smallest absolute Gasteiger partial charge is 0.217 e. The van der Waals surface area contributed by atoms with E-state index in [-0.39, 0.29) is 0 Å². The summed E-state index contributed by atoms with van der Waals surface area (Å²) in [5.74, 6) is 0.811. The minimum atomic E-state index is 0.811. The summed E-state index contributed by atoms with van der Waals surface area (Å²) in [5.41, 5.74) is 3.36. The number of fused-ring (bicyclic) bond motifs is 1. The molecule has 3 nitrogen and oxygen atoms in total. The van der Waals surface area contributed by atoms with Crippen LogP contribution in [0.15, 0.2) is 18.3 Å². The molecule has 17 heavy (non-hydrogen) atoms. The molecule has 2 rings (SSSR count). The van der Waals surface area contributed by atoms with Crippen molar-refractivity contribution in [2.24, 2.45) is 0 Å². The molecule has 0 amide bonds. The highest BCUT2D eigenvalue weighted by molar-refractivity contribution is 5.56. The molecule has 2 aromatic rings. The molecule has 0 aliphatic heterocycles. The second kappa shape index (κ2) is 7.71. The van der Waals surface area contributed by atoms with Crippen molar-refractivity contribution in [2.75, 3.05) is 7.11 Å². The predicted molar refractivity (Wildman–Crippen MR) is 73.9 cm³/mol. The third-order valence-corrected chi connectivity index (χ3v) is 2.21. The van der Waals surface area contributed by atoms with Crippen molar-refractivity contribution in [2.45, 2.75) is 41.5 Å². The molecule has 2 heterocycles. The third-order valence-electron chi connectivity index (χ3n) is 2.21. The summed E-state index contributed by atoms with van der Waals surface area (Å²) >= 11 is 0. The van der Waals surface area contributed by atoms with Crippen LogP contribution in [-0.2, 0) is 0 Å². The van der Waals surface area contributed by atoms with Gasteiger partial charge in [-0.05, 0) is 25.5 Å². The van der Waals surface area contributed by atoms with Gasteiger partial charge in [0.05, 0.1) is 18.8 Å². The highest BCUT2D eigenvalue weighted by Crippen LogP contribution is 2.20. The van der Waals surface area contributed by atoms with E-state index < -0.39 is 0 Å². The molecule has 0 unspecified atom stereocenters. The molecule has 0 N–H and O–H groups in total. The fraction of sp³-hybridized carbons (Fsp3) is 0.500. The van der Waals surface area contributed by atoms with Crippen molar-refractivity contribution in [1.29, 1.82) is 0 Å². The molecule has 0 fully saturated rings. The second-order valence-corrected chi connectivity index (χ2v) is 3.15. The van der Waals surface area contributed by atoms with Crippen LogP contribution in [0.3, 0.4) is 0 Å². The van der Waals surface area contributed by atoms with E-state index >= 15 is 0 Å². The summed E-state index contributed by atoms with van der Waals surface area (Å²) in [4.78, 5) is 0. The van der Waals surface area contributed by atoms with Gasteiger partial charge in [0.1, 0.15) is 0 Å². The van der Waals surface area contributed by atoms with Gasteiger partial charge in [0.15, 0.2) is 0 Å². The average Bonchev–Trinajstić information content (AvgIpc) is 2.76. The van der Waals surface area contributed by atoms with Crippen molar-refractivity contribution < 1.29 is 4.74 Å².